The molecule has 0 aliphatic heterocycles. The zero-order valence-corrected chi connectivity index (χ0v) is 13.1. The summed E-state index contributed by atoms with van der Waals surface area (Å²) in [7, 11) is 0. The van der Waals surface area contributed by atoms with Crippen molar-refractivity contribution in [3.8, 4) is 5.75 Å². The molecule has 2 rings (SSSR count). The lowest BCUT2D eigenvalue weighted by Crippen LogP contribution is -2.12. The fraction of sp³-hybridized carbons (Fsp3) is 0.200. The molecule has 6 heteroatoms. The zero-order valence-electron chi connectivity index (χ0n) is 11.5. The highest BCUT2D eigenvalue weighted by molar-refractivity contribution is 9.10. The Balaban J connectivity index is 1.82. The van der Waals surface area contributed by atoms with E-state index in [9.17, 15) is 10.1 Å². The molecular weight excluding hydrogens is 336 g/mol. The van der Waals surface area contributed by atoms with Crippen LogP contribution in [0.15, 0.2) is 46.9 Å². The Morgan fingerprint density at radius 2 is 1.95 bits per heavy atom. The van der Waals surface area contributed by atoms with Gasteiger partial charge in [-0.1, -0.05) is 22.0 Å². The van der Waals surface area contributed by atoms with E-state index in [2.05, 4.69) is 21.2 Å². The molecule has 0 bridgehead atoms. The molecule has 0 aliphatic carbocycles. The Kier molecular flexibility index (Phi) is 5.16. The van der Waals surface area contributed by atoms with Gasteiger partial charge < -0.3 is 10.1 Å². The number of nitro groups is 1. The largest absolute Gasteiger partial charge is 0.492 e. The summed E-state index contributed by atoms with van der Waals surface area (Å²) in [6.45, 7) is 3.15. The van der Waals surface area contributed by atoms with Crippen LogP contribution in [0, 0.1) is 17.0 Å². The van der Waals surface area contributed by atoms with E-state index < -0.39 is 4.92 Å². The Morgan fingerprint density at radius 3 is 2.62 bits per heavy atom. The van der Waals surface area contributed by atoms with Crippen LogP contribution in [0.4, 0.5) is 11.4 Å². The first-order valence-electron chi connectivity index (χ1n) is 6.44. The molecule has 21 heavy (non-hydrogen) atoms. The number of nitrogens with one attached hydrogen (secondary N) is 1. The second-order valence-electron chi connectivity index (χ2n) is 4.44. The molecule has 0 aliphatic rings. The lowest BCUT2D eigenvalue weighted by Gasteiger charge is -2.11. The van der Waals surface area contributed by atoms with E-state index in [0.29, 0.717) is 18.9 Å². The average Bonchev–Trinajstić information content (AvgIpc) is 2.48. The Morgan fingerprint density at radius 1 is 1.24 bits per heavy atom. The number of benzene rings is 2. The molecule has 0 radical (unpaired) electrons. The summed E-state index contributed by atoms with van der Waals surface area (Å²) in [4.78, 5) is 10.1. The number of ether oxygens (including phenoxy) is 1. The normalized spacial score (nSPS) is 10.2. The molecule has 5 nitrogen and oxygen atoms in total. The first kappa shape index (κ1) is 15.3. The minimum absolute atomic E-state index is 0.0604. The van der Waals surface area contributed by atoms with Gasteiger partial charge in [-0.2, -0.15) is 0 Å². The van der Waals surface area contributed by atoms with E-state index in [-0.39, 0.29) is 5.69 Å². The summed E-state index contributed by atoms with van der Waals surface area (Å²) in [5.41, 5.74) is 2.26. The highest BCUT2D eigenvalue weighted by atomic mass is 79.9. The Labute approximate surface area is 131 Å². The van der Waals surface area contributed by atoms with Gasteiger partial charge >= 0.3 is 0 Å². The SMILES string of the molecule is Cc1c(Br)cccc1NCCOc1ccc([N+](=O)[O-])cc1. The Hall–Kier alpha value is -2.08. The lowest BCUT2D eigenvalue weighted by atomic mass is 10.2. The predicted molar refractivity (Wildman–Crippen MR) is 86.0 cm³/mol. The highest BCUT2D eigenvalue weighted by Crippen LogP contribution is 2.23. The number of nitro benzene ring substituents is 1. The first-order valence-corrected chi connectivity index (χ1v) is 7.23. The molecule has 0 saturated carbocycles. The lowest BCUT2D eigenvalue weighted by molar-refractivity contribution is -0.384. The number of nitrogens with zero attached hydrogens (tertiary/aromatic N) is 1. The van der Waals surface area contributed by atoms with Crippen molar-refractivity contribution in [3.63, 3.8) is 0 Å². The maximum Gasteiger partial charge on any atom is 0.269 e. The van der Waals surface area contributed by atoms with Crippen molar-refractivity contribution in [1.29, 1.82) is 0 Å². The minimum atomic E-state index is -0.429. The standard InChI is InChI=1S/C15H15BrN2O3/c1-11-14(16)3-2-4-15(11)17-9-10-21-13-7-5-12(6-8-13)18(19)20/h2-8,17H,9-10H2,1H3. The van der Waals surface area contributed by atoms with Gasteiger partial charge in [0.05, 0.1) is 4.92 Å². The smallest absolute Gasteiger partial charge is 0.269 e. The van der Waals surface area contributed by atoms with Crippen LogP contribution < -0.4 is 10.1 Å². The van der Waals surface area contributed by atoms with Gasteiger partial charge in [-0.15, -0.1) is 0 Å². The topological polar surface area (TPSA) is 64.4 Å². The van der Waals surface area contributed by atoms with Crippen LogP contribution in [0.3, 0.4) is 0 Å². The molecule has 0 heterocycles. The molecular formula is C15H15BrN2O3. The third-order valence-electron chi connectivity index (χ3n) is 3.00. The van der Waals surface area contributed by atoms with Gasteiger partial charge in [-0.05, 0) is 36.8 Å². The summed E-state index contributed by atoms with van der Waals surface area (Å²) in [6.07, 6.45) is 0. The fourth-order valence-electron chi connectivity index (χ4n) is 1.82. The van der Waals surface area contributed by atoms with E-state index in [1.807, 2.05) is 25.1 Å². The molecule has 0 saturated heterocycles. The molecule has 0 amide bonds. The molecule has 0 fully saturated rings. The maximum absolute atomic E-state index is 10.5. The first-order chi connectivity index (χ1) is 10.1. The molecule has 0 aromatic heterocycles. The van der Waals surface area contributed by atoms with Crippen molar-refractivity contribution in [2.24, 2.45) is 0 Å². The maximum atomic E-state index is 10.5. The van der Waals surface area contributed by atoms with E-state index in [0.717, 1.165) is 15.7 Å². The molecule has 0 atom stereocenters. The number of anilines is 1. The van der Waals surface area contributed by atoms with E-state index >= 15 is 0 Å². The van der Waals surface area contributed by atoms with Crippen LogP contribution in [0.5, 0.6) is 5.75 Å². The second kappa shape index (κ2) is 7.08. The zero-order chi connectivity index (χ0) is 15.2. The van der Waals surface area contributed by atoms with Gasteiger partial charge in [-0.25, -0.2) is 0 Å². The summed E-state index contributed by atoms with van der Waals surface area (Å²) in [6, 6.07) is 12.0. The molecule has 110 valence electrons. The van der Waals surface area contributed by atoms with Crippen LogP contribution >= 0.6 is 15.9 Å². The molecule has 2 aromatic rings. The number of hydrogen-bond acceptors (Lipinski definition) is 4. The minimum Gasteiger partial charge on any atom is -0.492 e. The van der Waals surface area contributed by atoms with E-state index in [1.165, 1.54) is 12.1 Å². The van der Waals surface area contributed by atoms with Crippen molar-refractivity contribution in [3.05, 3.63) is 62.6 Å². The number of non-ortho nitro benzene ring substituents is 1. The van der Waals surface area contributed by atoms with Crippen LogP contribution in [-0.4, -0.2) is 18.1 Å². The highest BCUT2D eigenvalue weighted by Gasteiger charge is 2.04. The van der Waals surface area contributed by atoms with Gasteiger partial charge in [0.1, 0.15) is 12.4 Å². The summed E-state index contributed by atoms with van der Waals surface area (Å²) in [5.74, 6) is 0.619. The van der Waals surface area contributed by atoms with Crippen molar-refractivity contribution in [1.82, 2.24) is 0 Å². The summed E-state index contributed by atoms with van der Waals surface area (Å²) < 4.78 is 6.59. The Bertz CT molecular complexity index is 629. The molecule has 1 N–H and O–H groups in total. The van der Waals surface area contributed by atoms with Gasteiger partial charge in [0, 0.05) is 28.8 Å². The van der Waals surface area contributed by atoms with Crippen LogP contribution in [0.2, 0.25) is 0 Å². The van der Waals surface area contributed by atoms with Gasteiger partial charge in [-0.3, -0.25) is 10.1 Å². The van der Waals surface area contributed by atoms with E-state index in [4.69, 9.17) is 4.74 Å². The summed E-state index contributed by atoms with van der Waals surface area (Å²) >= 11 is 3.48. The third-order valence-corrected chi connectivity index (χ3v) is 3.86. The van der Waals surface area contributed by atoms with Crippen LogP contribution in [-0.2, 0) is 0 Å². The van der Waals surface area contributed by atoms with Crippen LogP contribution in [0.25, 0.3) is 0 Å². The van der Waals surface area contributed by atoms with E-state index in [1.54, 1.807) is 12.1 Å². The molecule has 0 unspecified atom stereocenters. The number of hydrogen-bond donors (Lipinski definition) is 1. The summed E-state index contributed by atoms with van der Waals surface area (Å²) in [5, 5.41) is 13.8. The van der Waals surface area contributed by atoms with Gasteiger partial charge in [0.15, 0.2) is 0 Å². The fourth-order valence-corrected chi connectivity index (χ4v) is 2.18. The molecule has 2 aromatic carbocycles. The van der Waals surface area contributed by atoms with Crippen molar-refractivity contribution >= 4 is 27.3 Å². The average molecular weight is 351 g/mol. The van der Waals surface area contributed by atoms with Crippen molar-refractivity contribution in [2.45, 2.75) is 6.92 Å². The molecule has 0 spiro atoms. The monoisotopic (exact) mass is 350 g/mol. The predicted octanol–water partition coefficient (Wildman–Crippen LogP) is 4.16. The van der Waals surface area contributed by atoms with Gasteiger partial charge in [0.25, 0.3) is 5.69 Å². The quantitative estimate of drug-likeness (QED) is 0.482. The number of halogens is 1. The van der Waals surface area contributed by atoms with Gasteiger partial charge in [0.2, 0.25) is 0 Å². The number of rotatable bonds is 6. The third kappa shape index (κ3) is 4.19. The van der Waals surface area contributed by atoms with Crippen molar-refractivity contribution in [2.75, 3.05) is 18.5 Å². The second-order valence-corrected chi connectivity index (χ2v) is 5.29. The van der Waals surface area contributed by atoms with Crippen molar-refractivity contribution < 1.29 is 9.66 Å². The van der Waals surface area contributed by atoms with Crippen LogP contribution in [0.1, 0.15) is 5.56 Å².